The summed E-state index contributed by atoms with van der Waals surface area (Å²) in [5.41, 5.74) is 18.7. The van der Waals surface area contributed by atoms with E-state index in [-0.39, 0.29) is 18.0 Å². The second-order valence-electron chi connectivity index (χ2n) is 9.24. The van der Waals surface area contributed by atoms with Crippen LogP contribution in [0.3, 0.4) is 0 Å². The standard InChI is InChI=1S/C25H46N6O2/c1-2-3-4-5-6-8-11-15-20-22(21-16-14-18-31(21)25(28)30-20)23(32)33-19-13-10-7-9-12-17-29-24(26)27/h20H,2-19H2,1H3,(H2,28,30)(H4,26,27,29). The van der Waals surface area contributed by atoms with Crippen LogP contribution in [0.4, 0.5) is 0 Å². The van der Waals surface area contributed by atoms with E-state index in [1.165, 1.54) is 38.5 Å². The van der Waals surface area contributed by atoms with Crippen LogP contribution in [0.15, 0.2) is 21.3 Å². The van der Waals surface area contributed by atoms with Gasteiger partial charge in [0.05, 0.1) is 18.2 Å². The van der Waals surface area contributed by atoms with Gasteiger partial charge >= 0.3 is 5.97 Å². The van der Waals surface area contributed by atoms with Gasteiger partial charge in [0, 0.05) is 18.8 Å². The van der Waals surface area contributed by atoms with Crippen LogP contribution < -0.4 is 17.2 Å². The molecule has 0 radical (unpaired) electrons. The summed E-state index contributed by atoms with van der Waals surface area (Å²) >= 11 is 0. The zero-order valence-corrected chi connectivity index (χ0v) is 20.7. The maximum Gasteiger partial charge on any atom is 0.337 e. The SMILES string of the molecule is CCCCCCCCCC1N=C(N)N2CCCC2=C1C(=O)OCCCCCCCN=C(N)N. The maximum absolute atomic E-state index is 13.0. The molecule has 33 heavy (non-hydrogen) atoms. The Morgan fingerprint density at radius 1 is 1.03 bits per heavy atom. The molecule has 1 unspecified atom stereocenters. The Bertz CT molecular complexity index is 684. The van der Waals surface area contributed by atoms with Crippen molar-refractivity contribution >= 4 is 17.9 Å². The third-order valence-electron chi connectivity index (χ3n) is 6.46. The van der Waals surface area contributed by atoms with Gasteiger partial charge in [0.2, 0.25) is 0 Å². The average molecular weight is 463 g/mol. The van der Waals surface area contributed by atoms with E-state index in [0.717, 1.165) is 75.6 Å². The molecule has 0 aromatic carbocycles. The van der Waals surface area contributed by atoms with Gasteiger partial charge in [-0.1, -0.05) is 71.1 Å². The van der Waals surface area contributed by atoms with E-state index in [2.05, 4.69) is 11.9 Å². The topological polar surface area (TPSA) is 132 Å². The third kappa shape index (κ3) is 9.64. The molecular formula is C25H46N6O2. The predicted molar refractivity (Wildman–Crippen MR) is 136 cm³/mol. The molecule has 0 aromatic heterocycles. The first-order valence-corrected chi connectivity index (χ1v) is 13.1. The number of unbranched alkanes of at least 4 members (excludes halogenated alkanes) is 10. The van der Waals surface area contributed by atoms with Crippen molar-refractivity contribution < 1.29 is 9.53 Å². The Labute approximate surface area is 200 Å². The van der Waals surface area contributed by atoms with E-state index in [1.54, 1.807) is 0 Å². The predicted octanol–water partition coefficient (Wildman–Crippen LogP) is 3.94. The number of esters is 1. The fourth-order valence-electron chi connectivity index (χ4n) is 4.65. The fourth-order valence-corrected chi connectivity index (χ4v) is 4.65. The van der Waals surface area contributed by atoms with E-state index in [4.69, 9.17) is 26.9 Å². The van der Waals surface area contributed by atoms with Crippen LogP contribution in [-0.4, -0.2) is 48.5 Å². The second kappa shape index (κ2) is 15.6. The van der Waals surface area contributed by atoms with Gasteiger partial charge in [-0.25, -0.2) is 9.79 Å². The van der Waals surface area contributed by atoms with Gasteiger partial charge in [0.15, 0.2) is 11.9 Å². The Morgan fingerprint density at radius 3 is 2.42 bits per heavy atom. The number of ether oxygens (including phenoxy) is 1. The van der Waals surface area contributed by atoms with Crippen LogP contribution in [0, 0.1) is 0 Å². The van der Waals surface area contributed by atoms with Crippen molar-refractivity contribution in [1.82, 2.24) is 4.90 Å². The van der Waals surface area contributed by atoms with Gasteiger partial charge in [-0.05, 0) is 32.1 Å². The van der Waals surface area contributed by atoms with Gasteiger partial charge in [-0.2, -0.15) is 0 Å². The molecule has 1 fully saturated rings. The van der Waals surface area contributed by atoms with Crippen LogP contribution in [0.2, 0.25) is 0 Å². The van der Waals surface area contributed by atoms with Crippen molar-refractivity contribution in [3.63, 3.8) is 0 Å². The number of carbonyl (C=O) groups is 1. The first-order chi connectivity index (χ1) is 16.0. The van der Waals surface area contributed by atoms with E-state index >= 15 is 0 Å². The second-order valence-corrected chi connectivity index (χ2v) is 9.24. The molecule has 2 heterocycles. The lowest BCUT2D eigenvalue weighted by Gasteiger charge is -2.30. The highest BCUT2D eigenvalue weighted by molar-refractivity contribution is 5.95. The zero-order valence-electron chi connectivity index (χ0n) is 20.7. The highest BCUT2D eigenvalue weighted by Crippen LogP contribution is 2.33. The summed E-state index contributed by atoms with van der Waals surface area (Å²) in [6.07, 6.45) is 16.5. The molecule has 2 aliphatic heterocycles. The molecule has 0 aromatic rings. The van der Waals surface area contributed by atoms with Gasteiger partial charge in [-0.15, -0.1) is 0 Å². The Balaban J connectivity index is 1.76. The minimum absolute atomic E-state index is 0.150. The molecule has 0 bridgehead atoms. The van der Waals surface area contributed by atoms with Crippen molar-refractivity contribution in [3.8, 4) is 0 Å². The van der Waals surface area contributed by atoms with E-state index in [0.29, 0.717) is 19.1 Å². The lowest BCUT2D eigenvalue weighted by Crippen LogP contribution is -2.41. The molecule has 8 heteroatoms. The summed E-state index contributed by atoms with van der Waals surface area (Å²) in [5.74, 6) is 0.513. The molecule has 2 aliphatic rings. The fraction of sp³-hybridized carbons (Fsp3) is 0.800. The number of aliphatic imine (C=N–C) groups is 2. The quantitative estimate of drug-likeness (QED) is 0.130. The summed E-state index contributed by atoms with van der Waals surface area (Å²) < 4.78 is 5.70. The summed E-state index contributed by atoms with van der Waals surface area (Å²) in [6.45, 7) is 4.20. The normalized spacial score (nSPS) is 17.7. The monoisotopic (exact) mass is 462 g/mol. The van der Waals surface area contributed by atoms with Gasteiger partial charge in [-0.3, -0.25) is 4.99 Å². The lowest BCUT2D eigenvalue weighted by molar-refractivity contribution is -0.139. The number of hydrogen-bond acceptors (Lipinski definition) is 6. The highest BCUT2D eigenvalue weighted by atomic mass is 16.5. The number of rotatable bonds is 17. The number of allylic oxidation sites excluding steroid dienone is 1. The number of carbonyl (C=O) groups excluding carboxylic acids is 1. The molecule has 0 spiro atoms. The van der Waals surface area contributed by atoms with Crippen molar-refractivity contribution in [3.05, 3.63) is 11.3 Å². The molecule has 188 valence electrons. The minimum Gasteiger partial charge on any atom is -0.462 e. The first-order valence-electron chi connectivity index (χ1n) is 13.1. The van der Waals surface area contributed by atoms with E-state index < -0.39 is 0 Å². The van der Waals surface area contributed by atoms with Crippen molar-refractivity contribution in [2.75, 3.05) is 19.7 Å². The van der Waals surface area contributed by atoms with Crippen LogP contribution >= 0.6 is 0 Å². The lowest BCUT2D eigenvalue weighted by atomic mass is 9.96. The minimum atomic E-state index is -0.200. The van der Waals surface area contributed by atoms with Crippen LogP contribution in [0.5, 0.6) is 0 Å². The van der Waals surface area contributed by atoms with Gasteiger partial charge in [0.1, 0.15) is 0 Å². The number of hydrogen-bond donors (Lipinski definition) is 3. The van der Waals surface area contributed by atoms with Crippen molar-refractivity contribution in [1.29, 1.82) is 0 Å². The van der Waals surface area contributed by atoms with Crippen molar-refractivity contribution in [2.24, 2.45) is 27.2 Å². The molecule has 6 N–H and O–H groups in total. The molecule has 1 saturated heterocycles. The summed E-state index contributed by atoms with van der Waals surface area (Å²) in [4.78, 5) is 23.8. The maximum atomic E-state index is 13.0. The Hall–Kier alpha value is -2.25. The first kappa shape index (κ1) is 27.0. The van der Waals surface area contributed by atoms with Gasteiger partial charge in [0.25, 0.3) is 0 Å². The van der Waals surface area contributed by atoms with Crippen LogP contribution in [0.1, 0.15) is 103 Å². The molecule has 1 atom stereocenters. The smallest absolute Gasteiger partial charge is 0.337 e. The summed E-state index contributed by atoms with van der Waals surface area (Å²) in [5, 5.41) is 0. The van der Waals surface area contributed by atoms with E-state index in [1.807, 2.05) is 4.90 Å². The Kier molecular flexibility index (Phi) is 12.7. The number of guanidine groups is 2. The van der Waals surface area contributed by atoms with E-state index in [9.17, 15) is 4.79 Å². The summed E-state index contributed by atoms with van der Waals surface area (Å²) in [6, 6.07) is -0.159. The molecule has 0 saturated carbocycles. The van der Waals surface area contributed by atoms with Gasteiger partial charge < -0.3 is 26.8 Å². The van der Waals surface area contributed by atoms with Crippen LogP contribution in [0.25, 0.3) is 0 Å². The average Bonchev–Trinajstić information content (AvgIpc) is 3.27. The molecular weight excluding hydrogens is 416 g/mol. The molecule has 0 aliphatic carbocycles. The molecule has 2 rings (SSSR count). The number of nitrogens with zero attached hydrogens (tertiary/aromatic N) is 3. The molecule has 0 amide bonds. The third-order valence-corrected chi connectivity index (χ3v) is 6.46. The summed E-state index contributed by atoms with van der Waals surface area (Å²) in [7, 11) is 0. The molecule has 8 nitrogen and oxygen atoms in total. The highest BCUT2D eigenvalue weighted by Gasteiger charge is 2.36. The largest absolute Gasteiger partial charge is 0.462 e. The van der Waals surface area contributed by atoms with Crippen LogP contribution in [-0.2, 0) is 9.53 Å². The zero-order chi connectivity index (χ0) is 23.9. The van der Waals surface area contributed by atoms with Crippen molar-refractivity contribution in [2.45, 2.75) is 109 Å². The number of fused-ring (bicyclic) bond motifs is 1. The Morgan fingerprint density at radius 2 is 1.70 bits per heavy atom. The number of nitrogens with two attached hydrogens (primary N) is 3.